The van der Waals surface area contributed by atoms with Crippen molar-refractivity contribution < 1.29 is 17.6 Å². The molecule has 0 aliphatic carbocycles. The summed E-state index contributed by atoms with van der Waals surface area (Å²) in [6.07, 6.45) is 3.25. The Bertz CT molecular complexity index is 1000. The Labute approximate surface area is 143 Å². The lowest BCUT2D eigenvalue weighted by Gasteiger charge is -2.09. The van der Waals surface area contributed by atoms with Crippen LogP contribution in [0.3, 0.4) is 0 Å². The largest absolute Gasteiger partial charge is 0.351 e. The van der Waals surface area contributed by atoms with Gasteiger partial charge in [-0.05, 0) is 42.5 Å². The SMILES string of the molecule is O=C(NCCS(=O)(=O)Nc1ccn2nccc2c1)c1ccc(F)cc1. The van der Waals surface area contributed by atoms with Crippen LogP contribution in [0, 0.1) is 5.82 Å². The summed E-state index contributed by atoms with van der Waals surface area (Å²) >= 11 is 0. The maximum Gasteiger partial charge on any atom is 0.251 e. The van der Waals surface area contributed by atoms with Crippen LogP contribution in [-0.2, 0) is 10.0 Å². The van der Waals surface area contributed by atoms with Crippen LogP contribution in [-0.4, -0.2) is 36.2 Å². The monoisotopic (exact) mass is 362 g/mol. The van der Waals surface area contributed by atoms with E-state index in [1.54, 1.807) is 35.1 Å². The van der Waals surface area contributed by atoms with Crippen LogP contribution in [0.2, 0.25) is 0 Å². The fourth-order valence-electron chi connectivity index (χ4n) is 2.22. The molecule has 2 N–H and O–H groups in total. The van der Waals surface area contributed by atoms with Crippen molar-refractivity contribution >= 4 is 27.1 Å². The van der Waals surface area contributed by atoms with Crippen molar-refractivity contribution in [1.82, 2.24) is 14.9 Å². The Kier molecular flexibility index (Phi) is 4.66. The van der Waals surface area contributed by atoms with E-state index in [-0.39, 0.29) is 17.9 Å². The topological polar surface area (TPSA) is 92.6 Å². The molecule has 9 heteroatoms. The summed E-state index contributed by atoms with van der Waals surface area (Å²) < 4.78 is 41.1. The molecule has 7 nitrogen and oxygen atoms in total. The average Bonchev–Trinajstić information content (AvgIpc) is 3.02. The number of fused-ring (bicyclic) bond motifs is 1. The smallest absolute Gasteiger partial charge is 0.251 e. The Hall–Kier alpha value is -2.94. The number of anilines is 1. The Morgan fingerprint density at radius 3 is 2.68 bits per heavy atom. The van der Waals surface area contributed by atoms with Crippen LogP contribution < -0.4 is 10.0 Å². The van der Waals surface area contributed by atoms with Gasteiger partial charge in [-0.1, -0.05) is 0 Å². The van der Waals surface area contributed by atoms with Crippen molar-refractivity contribution in [1.29, 1.82) is 0 Å². The van der Waals surface area contributed by atoms with E-state index in [2.05, 4.69) is 15.1 Å². The van der Waals surface area contributed by atoms with Crippen LogP contribution in [0.4, 0.5) is 10.1 Å². The minimum absolute atomic E-state index is 0.0690. The predicted molar refractivity (Wildman–Crippen MR) is 91.3 cm³/mol. The number of nitrogens with zero attached hydrogens (tertiary/aromatic N) is 2. The van der Waals surface area contributed by atoms with Gasteiger partial charge in [-0.2, -0.15) is 5.10 Å². The van der Waals surface area contributed by atoms with Crippen molar-refractivity contribution in [2.75, 3.05) is 17.0 Å². The molecule has 3 rings (SSSR count). The first kappa shape index (κ1) is 16.9. The molecule has 0 unspecified atom stereocenters. The Morgan fingerprint density at radius 1 is 1.16 bits per heavy atom. The van der Waals surface area contributed by atoms with Gasteiger partial charge in [-0.25, -0.2) is 17.3 Å². The molecule has 0 bridgehead atoms. The number of nitrogens with one attached hydrogen (secondary N) is 2. The van der Waals surface area contributed by atoms with Gasteiger partial charge in [0.2, 0.25) is 10.0 Å². The summed E-state index contributed by atoms with van der Waals surface area (Å²) in [6, 6.07) is 9.99. The fourth-order valence-corrected chi connectivity index (χ4v) is 3.18. The van der Waals surface area contributed by atoms with E-state index >= 15 is 0 Å². The third-order valence-electron chi connectivity index (χ3n) is 3.44. The van der Waals surface area contributed by atoms with Crippen LogP contribution >= 0.6 is 0 Å². The number of halogens is 1. The predicted octanol–water partition coefficient (Wildman–Crippen LogP) is 1.65. The maximum atomic E-state index is 12.8. The van der Waals surface area contributed by atoms with Crippen molar-refractivity contribution in [3.05, 3.63) is 66.2 Å². The molecule has 1 amide bonds. The molecule has 2 heterocycles. The van der Waals surface area contributed by atoms with E-state index in [0.717, 1.165) is 5.52 Å². The molecule has 0 radical (unpaired) electrons. The molecular formula is C16H15FN4O3S. The molecule has 0 fully saturated rings. The summed E-state index contributed by atoms with van der Waals surface area (Å²) in [7, 11) is -3.63. The van der Waals surface area contributed by atoms with E-state index in [0.29, 0.717) is 5.69 Å². The van der Waals surface area contributed by atoms with Gasteiger partial charge >= 0.3 is 0 Å². The molecule has 0 atom stereocenters. The minimum Gasteiger partial charge on any atom is -0.351 e. The highest BCUT2D eigenvalue weighted by atomic mass is 32.2. The quantitative estimate of drug-likeness (QED) is 0.697. The van der Waals surface area contributed by atoms with Gasteiger partial charge in [-0.15, -0.1) is 0 Å². The van der Waals surface area contributed by atoms with E-state index in [1.807, 2.05) is 0 Å². The number of aromatic nitrogens is 2. The van der Waals surface area contributed by atoms with Crippen LogP contribution in [0.5, 0.6) is 0 Å². The highest BCUT2D eigenvalue weighted by Crippen LogP contribution is 2.13. The standard InChI is InChI=1S/C16H15FN4O3S/c17-13-3-1-12(2-4-13)16(22)18-8-10-25(23,24)20-14-6-9-21-15(11-14)5-7-19-21/h1-7,9,11,20H,8,10H2,(H,18,22). The highest BCUT2D eigenvalue weighted by molar-refractivity contribution is 7.92. The summed E-state index contributed by atoms with van der Waals surface area (Å²) in [5, 5.41) is 6.52. The first-order valence-electron chi connectivity index (χ1n) is 7.41. The van der Waals surface area contributed by atoms with Crippen LogP contribution in [0.15, 0.2) is 54.9 Å². The minimum atomic E-state index is -3.63. The molecule has 3 aromatic rings. The third kappa shape index (κ3) is 4.32. The van der Waals surface area contributed by atoms with E-state index in [4.69, 9.17) is 0 Å². The number of benzene rings is 1. The van der Waals surface area contributed by atoms with Gasteiger partial charge in [0.05, 0.1) is 17.0 Å². The molecule has 0 aliphatic heterocycles. The van der Waals surface area contributed by atoms with Gasteiger partial charge in [0.15, 0.2) is 0 Å². The number of sulfonamides is 1. The summed E-state index contributed by atoms with van der Waals surface area (Å²) in [6.45, 7) is -0.0690. The first-order valence-corrected chi connectivity index (χ1v) is 9.06. The van der Waals surface area contributed by atoms with Gasteiger partial charge in [-0.3, -0.25) is 9.52 Å². The number of rotatable bonds is 6. The maximum absolute atomic E-state index is 12.8. The number of hydrogen-bond donors (Lipinski definition) is 2. The average molecular weight is 362 g/mol. The normalized spacial score (nSPS) is 11.4. The van der Waals surface area contributed by atoms with E-state index < -0.39 is 21.7 Å². The zero-order chi connectivity index (χ0) is 17.9. The number of carbonyl (C=O) groups excluding carboxylic acids is 1. The lowest BCUT2D eigenvalue weighted by Crippen LogP contribution is -2.31. The van der Waals surface area contributed by atoms with Crippen molar-refractivity contribution in [3.8, 4) is 0 Å². The van der Waals surface area contributed by atoms with E-state index in [1.165, 1.54) is 24.3 Å². The van der Waals surface area contributed by atoms with Gasteiger partial charge in [0.25, 0.3) is 5.91 Å². The highest BCUT2D eigenvalue weighted by Gasteiger charge is 2.12. The summed E-state index contributed by atoms with van der Waals surface area (Å²) in [5.74, 6) is -1.20. The number of pyridine rings is 1. The van der Waals surface area contributed by atoms with Crippen LogP contribution in [0.1, 0.15) is 10.4 Å². The second-order valence-electron chi connectivity index (χ2n) is 5.30. The lowest BCUT2D eigenvalue weighted by molar-refractivity contribution is 0.0956. The Balaban J connectivity index is 1.56. The van der Waals surface area contributed by atoms with Crippen molar-refractivity contribution in [2.45, 2.75) is 0 Å². The van der Waals surface area contributed by atoms with Crippen molar-refractivity contribution in [2.24, 2.45) is 0 Å². The molecule has 2 aromatic heterocycles. The Morgan fingerprint density at radius 2 is 1.92 bits per heavy atom. The molecule has 1 aromatic carbocycles. The van der Waals surface area contributed by atoms with Gasteiger partial charge in [0, 0.05) is 24.5 Å². The molecule has 25 heavy (non-hydrogen) atoms. The number of carbonyl (C=O) groups is 1. The van der Waals surface area contributed by atoms with Crippen molar-refractivity contribution in [3.63, 3.8) is 0 Å². The molecule has 0 saturated carbocycles. The molecular weight excluding hydrogens is 347 g/mol. The lowest BCUT2D eigenvalue weighted by atomic mass is 10.2. The second-order valence-corrected chi connectivity index (χ2v) is 7.14. The fraction of sp³-hybridized carbons (Fsp3) is 0.125. The molecule has 130 valence electrons. The molecule has 0 aliphatic rings. The zero-order valence-corrected chi connectivity index (χ0v) is 13.8. The van der Waals surface area contributed by atoms with Crippen LogP contribution in [0.25, 0.3) is 5.52 Å². The third-order valence-corrected chi connectivity index (χ3v) is 4.72. The summed E-state index contributed by atoms with van der Waals surface area (Å²) in [5.41, 5.74) is 1.43. The number of hydrogen-bond acceptors (Lipinski definition) is 4. The van der Waals surface area contributed by atoms with Gasteiger partial charge < -0.3 is 5.32 Å². The number of amides is 1. The first-order chi connectivity index (χ1) is 11.9. The molecule has 0 spiro atoms. The molecule has 0 saturated heterocycles. The van der Waals surface area contributed by atoms with Gasteiger partial charge in [0.1, 0.15) is 5.82 Å². The zero-order valence-electron chi connectivity index (χ0n) is 13.0. The second kappa shape index (κ2) is 6.89. The summed E-state index contributed by atoms with van der Waals surface area (Å²) in [4.78, 5) is 11.9. The van der Waals surface area contributed by atoms with E-state index in [9.17, 15) is 17.6 Å².